The zero-order valence-electron chi connectivity index (χ0n) is 5.18. The molecule has 0 aliphatic heterocycles. The fraction of sp³-hybridized carbons (Fsp3) is 0.500. The van der Waals surface area contributed by atoms with E-state index in [1.165, 1.54) is 0 Å². The second-order valence-electron chi connectivity index (χ2n) is 1.68. The van der Waals surface area contributed by atoms with Crippen LogP contribution < -0.4 is 0 Å². The molecule has 1 aromatic rings. The van der Waals surface area contributed by atoms with Crippen LogP contribution in [0, 0.1) is 13.1 Å². The molecule has 2 heteroatoms. The number of rotatable bonds is 1. The molecule has 0 fully saturated rings. The molecule has 0 aliphatic carbocycles. The lowest BCUT2D eigenvalue weighted by atomic mass is 10.6. The van der Waals surface area contributed by atoms with Crippen molar-refractivity contribution >= 4 is 0 Å². The van der Waals surface area contributed by atoms with Gasteiger partial charge in [0.1, 0.15) is 5.82 Å². The Kier molecular flexibility index (Phi) is 1.33. The van der Waals surface area contributed by atoms with Gasteiger partial charge >= 0.3 is 0 Å². The van der Waals surface area contributed by atoms with Crippen molar-refractivity contribution in [1.82, 2.24) is 9.55 Å². The molecular weight excluding hydrogens is 100 g/mol. The quantitative estimate of drug-likeness (QED) is 0.526. The summed E-state index contributed by atoms with van der Waals surface area (Å²) in [5.41, 5.74) is 0. The minimum absolute atomic E-state index is 0.964. The molecule has 0 saturated carbocycles. The van der Waals surface area contributed by atoms with E-state index in [1.807, 2.05) is 11.5 Å². The van der Waals surface area contributed by atoms with E-state index in [9.17, 15) is 0 Å². The fourth-order valence-corrected chi connectivity index (χ4v) is 0.675. The predicted molar refractivity (Wildman–Crippen MR) is 31.5 cm³/mol. The van der Waals surface area contributed by atoms with Crippen molar-refractivity contribution in [1.29, 1.82) is 0 Å². The summed E-state index contributed by atoms with van der Waals surface area (Å²) < 4.78 is 1.97. The summed E-state index contributed by atoms with van der Waals surface area (Å²) in [6, 6.07) is 0. The molecule has 1 rings (SSSR count). The van der Waals surface area contributed by atoms with Gasteiger partial charge in [-0.1, -0.05) is 0 Å². The van der Waals surface area contributed by atoms with E-state index in [2.05, 4.69) is 18.1 Å². The molecule has 0 unspecified atom stereocenters. The number of hydrogen-bond donors (Lipinski definition) is 0. The Bertz CT molecular complexity index is 167. The van der Waals surface area contributed by atoms with Crippen LogP contribution in [0.15, 0.2) is 6.20 Å². The minimum Gasteiger partial charge on any atom is -0.327 e. The molecule has 0 atom stereocenters. The van der Waals surface area contributed by atoms with Crippen LogP contribution in [0.1, 0.15) is 12.7 Å². The first-order valence-electron chi connectivity index (χ1n) is 2.74. The van der Waals surface area contributed by atoms with Crippen molar-refractivity contribution in [3.05, 3.63) is 18.2 Å². The van der Waals surface area contributed by atoms with Gasteiger partial charge in [-0.15, -0.1) is 0 Å². The van der Waals surface area contributed by atoms with Gasteiger partial charge in [-0.2, -0.15) is 0 Å². The molecular formula is C6H9N2. The van der Waals surface area contributed by atoms with Crippen molar-refractivity contribution < 1.29 is 0 Å². The molecule has 0 aromatic carbocycles. The first-order chi connectivity index (χ1) is 3.84. The van der Waals surface area contributed by atoms with Crippen LogP contribution in [0.25, 0.3) is 0 Å². The summed E-state index contributed by atoms with van der Waals surface area (Å²) in [5, 5.41) is 0. The first kappa shape index (κ1) is 5.35. The number of imidazole rings is 1. The van der Waals surface area contributed by atoms with Gasteiger partial charge in [-0.25, -0.2) is 4.98 Å². The van der Waals surface area contributed by atoms with E-state index >= 15 is 0 Å². The molecule has 1 aromatic heterocycles. The molecule has 1 radical (unpaired) electrons. The summed E-state index contributed by atoms with van der Waals surface area (Å²) in [7, 11) is 0. The van der Waals surface area contributed by atoms with Gasteiger partial charge in [0.2, 0.25) is 0 Å². The first-order valence-corrected chi connectivity index (χ1v) is 2.74. The molecule has 0 aliphatic rings. The van der Waals surface area contributed by atoms with Crippen LogP contribution in [0.2, 0.25) is 0 Å². The van der Waals surface area contributed by atoms with E-state index in [4.69, 9.17) is 0 Å². The lowest BCUT2D eigenvalue weighted by Gasteiger charge is -1.94. The maximum absolute atomic E-state index is 3.99. The Labute approximate surface area is 49.2 Å². The Morgan fingerprint density at radius 3 is 2.88 bits per heavy atom. The smallest absolute Gasteiger partial charge is 0.106 e. The third kappa shape index (κ3) is 0.735. The summed E-state index contributed by atoms with van der Waals surface area (Å²) >= 11 is 0. The Morgan fingerprint density at radius 2 is 2.62 bits per heavy atom. The maximum Gasteiger partial charge on any atom is 0.106 e. The van der Waals surface area contributed by atoms with Gasteiger partial charge < -0.3 is 4.57 Å². The van der Waals surface area contributed by atoms with Crippen molar-refractivity contribution in [3.63, 3.8) is 0 Å². The van der Waals surface area contributed by atoms with Crippen molar-refractivity contribution in [2.24, 2.45) is 0 Å². The predicted octanol–water partition coefficient (Wildman–Crippen LogP) is 1.01. The number of aromatic nitrogens is 2. The molecule has 1 heterocycles. The third-order valence-corrected chi connectivity index (χ3v) is 1.17. The lowest BCUT2D eigenvalue weighted by molar-refractivity contribution is 0.725. The summed E-state index contributed by atoms with van der Waals surface area (Å²) in [5.74, 6) is 1.03. The van der Waals surface area contributed by atoms with Crippen LogP contribution in [0.5, 0.6) is 0 Å². The second kappa shape index (κ2) is 1.99. The van der Waals surface area contributed by atoms with Crippen molar-refractivity contribution in [3.8, 4) is 0 Å². The van der Waals surface area contributed by atoms with Crippen LogP contribution in [-0.4, -0.2) is 9.55 Å². The van der Waals surface area contributed by atoms with Gasteiger partial charge in [0, 0.05) is 6.54 Å². The number of hydrogen-bond acceptors (Lipinski definition) is 1. The molecule has 0 bridgehead atoms. The highest BCUT2D eigenvalue weighted by Crippen LogP contribution is 1.91. The Hall–Kier alpha value is -0.790. The summed E-state index contributed by atoms with van der Waals surface area (Å²) in [6.45, 7) is 5.01. The van der Waals surface area contributed by atoms with E-state index in [0.29, 0.717) is 0 Å². The zero-order chi connectivity index (χ0) is 5.98. The molecule has 0 amide bonds. The molecule has 0 spiro atoms. The summed E-state index contributed by atoms with van der Waals surface area (Å²) in [4.78, 5) is 3.99. The van der Waals surface area contributed by atoms with Gasteiger partial charge in [-0.3, -0.25) is 0 Å². The topological polar surface area (TPSA) is 17.8 Å². The monoisotopic (exact) mass is 109 g/mol. The van der Waals surface area contributed by atoms with E-state index in [0.717, 1.165) is 12.4 Å². The molecule has 8 heavy (non-hydrogen) atoms. The maximum atomic E-state index is 3.99. The molecule has 0 N–H and O–H groups in total. The van der Waals surface area contributed by atoms with E-state index in [1.54, 1.807) is 6.20 Å². The fourth-order valence-electron chi connectivity index (χ4n) is 0.675. The zero-order valence-corrected chi connectivity index (χ0v) is 5.18. The molecule has 0 saturated heterocycles. The largest absolute Gasteiger partial charge is 0.327 e. The van der Waals surface area contributed by atoms with Crippen LogP contribution in [0.4, 0.5) is 0 Å². The number of nitrogens with zero attached hydrogens (tertiary/aromatic N) is 2. The van der Waals surface area contributed by atoms with Gasteiger partial charge in [0.05, 0.1) is 12.4 Å². The van der Waals surface area contributed by atoms with Crippen molar-refractivity contribution in [2.45, 2.75) is 20.4 Å². The number of aryl methyl sites for hydroxylation is 2. The standard InChI is InChI=1S/C6H9N2/c1-3-8-5-4-7-6(8)2/h4H,3H2,1-2H3. The summed E-state index contributed by atoms with van der Waals surface area (Å²) in [6.07, 6.45) is 4.65. The van der Waals surface area contributed by atoms with Crippen LogP contribution >= 0.6 is 0 Å². The minimum atomic E-state index is 0.964. The average molecular weight is 109 g/mol. The van der Waals surface area contributed by atoms with Crippen LogP contribution in [0.3, 0.4) is 0 Å². The lowest BCUT2D eigenvalue weighted by Crippen LogP contribution is -1.94. The van der Waals surface area contributed by atoms with Gasteiger partial charge in [0.15, 0.2) is 0 Å². The Morgan fingerprint density at radius 1 is 1.88 bits per heavy atom. The van der Waals surface area contributed by atoms with Gasteiger partial charge in [-0.05, 0) is 13.8 Å². The SMILES string of the molecule is CCn1[c]cnc1C. The van der Waals surface area contributed by atoms with Crippen molar-refractivity contribution in [2.75, 3.05) is 0 Å². The normalized spacial score (nSPS) is 9.75. The highest BCUT2D eigenvalue weighted by Gasteiger charge is 1.89. The average Bonchev–Trinajstić information content (AvgIpc) is 2.14. The van der Waals surface area contributed by atoms with E-state index < -0.39 is 0 Å². The molecule has 2 nitrogen and oxygen atoms in total. The molecule has 43 valence electrons. The van der Waals surface area contributed by atoms with Gasteiger partial charge in [0.25, 0.3) is 0 Å². The van der Waals surface area contributed by atoms with Crippen LogP contribution in [-0.2, 0) is 6.54 Å². The van der Waals surface area contributed by atoms with E-state index in [-0.39, 0.29) is 0 Å². The highest BCUT2D eigenvalue weighted by atomic mass is 15.0. The second-order valence-corrected chi connectivity index (χ2v) is 1.68. The highest BCUT2D eigenvalue weighted by molar-refractivity contribution is 4.85. The third-order valence-electron chi connectivity index (χ3n) is 1.17. The Balaban J connectivity index is 2.92.